The Morgan fingerprint density at radius 2 is 2.20 bits per heavy atom. The van der Waals surface area contributed by atoms with E-state index < -0.39 is 0 Å². The summed E-state index contributed by atoms with van der Waals surface area (Å²) in [5.74, 6) is 0.739. The van der Waals surface area contributed by atoms with E-state index in [1.165, 1.54) is 31.2 Å². The molecule has 110 valence electrons. The largest absolute Gasteiger partial charge is 0.496 e. The Morgan fingerprint density at radius 3 is 2.75 bits per heavy atom. The maximum atomic E-state index is 7.65. The third kappa shape index (κ3) is 3.73. The molecule has 1 aromatic rings. The summed E-state index contributed by atoms with van der Waals surface area (Å²) in [4.78, 5) is 2.55. The highest BCUT2D eigenvalue weighted by molar-refractivity contribution is 5.97. The summed E-state index contributed by atoms with van der Waals surface area (Å²) < 4.78 is 5.26. The fourth-order valence-electron chi connectivity index (χ4n) is 2.49. The van der Waals surface area contributed by atoms with Crippen molar-refractivity contribution in [2.45, 2.75) is 45.2 Å². The first kappa shape index (κ1) is 14.9. The number of hydrogen-bond donors (Lipinski definition) is 2. The second-order valence-corrected chi connectivity index (χ2v) is 5.50. The molecular weight excluding hydrogens is 250 g/mol. The zero-order valence-electron chi connectivity index (χ0n) is 12.5. The molecule has 0 aliphatic heterocycles. The van der Waals surface area contributed by atoms with E-state index in [-0.39, 0.29) is 5.84 Å². The summed E-state index contributed by atoms with van der Waals surface area (Å²) in [6, 6.07) is 6.73. The van der Waals surface area contributed by atoms with Gasteiger partial charge in [0.15, 0.2) is 0 Å². The molecule has 0 aromatic heterocycles. The molecule has 0 saturated heterocycles. The number of nitrogen functional groups attached to an aromatic ring is 1. The van der Waals surface area contributed by atoms with Gasteiger partial charge in [0.1, 0.15) is 11.6 Å². The lowest BCUT2D eigenvalue weighted by Crippen LogP contribution is -2.27. The molecule has 4 heteroatoms. The molecule has 0 unspecified atom stereocenters. The third-order valence-corrected chi connectivity index (χ3v) is 3.80. The molecule has 4 nitrogen and oxygen atoms in total. The van der Waals surface area contributed by atoms with Crippen molar-refractivity contribution in [3.05, 3.63) is 29.3 Å². The summed E-state index contributed by atoms with van der Waals surface area (Å²) in [6.07, 6.45) is 5.11. The van der Waals surface area contributed by atoms with Crippen LogP contribution in [0.2, 0.25) is 0 Å². The topological polar surface area (TPSA) is 62.3 Å². The van der Waals surface area contributed by atoms with Gasteiger partial charge >= 0.3 is 0 Å². The monoisotopic (exact) mass is 275 g/mol. The average Bonchev–Trinajstić information content (AvgIpc) is 3.27. The fourth-order valence-corrected chi connectivity index (χ4v) is 2.49. The number of methoxy groups -OCH3 is 1. The second-order valence-electron chi connectivity index (χ2n) is 5.50. The van der Waals surface area contributed by atoms with E-state index in [9.17, 15) is 0 Å². The Kier molecular flexibility index (Phi) is 5.01. The molecular formula is C16H25N3O. The molecule has 0 atom stereocenters. The summed E-state index contributed by atoms with van der Waals surface area (Å²) >= 11 is 0. The normalized spacial score (nSPS) is 14.6. The van der Waals surface area contributed by atoms with E-state index in [1.807, 2.05) is 12.1 Å². The Balaban J connectivity index is 2.11. The first-order valence-electron chi connectivity index (χ1n) is 7.41. The highest BCUT2D eigenvalue weighted by atomic mass is 16.5. The van der Waals surface area contributed by atoms with Crippen molar-refractivity contribution in [2.75, 3.05) is 13.7 Å². The van der Waals surface area contributed by atoms with Gasteiger partial charge in [0.25, 0.3) is 0 Å². The van der Waals surface area contributed by atoms with Crippen LogP contribution in [0.1, 0.15) is 43.7 Å². The average molecular weight is 275 g/mol. The van der Waals surface area contributed by atoms with Gasteiger partial charge in [0.05, 0.1) is 12.7 Å². The van der Waals surface area contributed by atoms with Crippen molar-refractivity contribution >= 4 is 5.84 Å². The van der Waals surface area contributed by atoms with E-state index in [1.54, 1.807) is 7.11 Å². The first-order valence-corrected chi connectivity index (χ1v) is 7.41. The summed E-state index contributed by atoms with van der Waals surface area (Å²) in [7, 11) is 1.61. The number of nitrogens with two attached hydrogens (primary N) is 1. The van der Waals surface area contributed by atoms with Crippen LogP contribution in [0.4, 0.5) is 0 Å². The van der Waals surface area contributed by atoms with E-state index >= 15 is 0 Å². The predicted molar refractivity (Wildman–Crippen MR) is 82.4 cm³/mol. The Hall–Kier alpha value is -1.55. The standard InChI is InChI=1S/C16H25N3O/c1-3-4-9-19(13-6-7-13)11-12-5-8-15(20-2)14(10-12)16(17)18/h5,8,10,13H,3-4,6-7,9,11H2,1-2H3,(H3,17,18). The van der Waals surface area contributed by atoms with Crippen molar-refractivity contribution < 1.29 is 4.74 Å². The smallest absolute Gasteiger partial charge is 0.129 e. The van der Waals surface area contributed by atoms with Crippen LogP contribution in [-0.2, 0) is 6.54 Å². The maximum absolute atomic E-state index is 7.65. The lowest BCUT2D eigenvalue weighted by atomic mass is 10.1. The van der Waals surface area contributed by atoms with E-state index in [4.69, 9.17) is 15.9 Å². The second kappa shape index (κ2) is 6.75. The van der Waals surface area contributed by atoms with Gasteiger partial charge in [-0.15, -0.1) is 0 Å². The number of rotatable bonds is 8. The number of nitrogens with zero attached hydrogens (tertiary/aromatic N) is 1. The van der Waals surface area contributed by atoms with Gasteiger partial charge in [-0.05, 0) is 43.5 Å². The number of ether oxygens (including phenoxy) is 1. The minimum absolute atomic E-state index is 0.0650. The lowest BCUT2D eigenvalue weighted by molar-refractivity contribution is 0.250. The number of unbranched alkanes of at least 4 members (excludes halogenated alkanes) is 1. The van der Waals surface area contributed by atoms with Gasteiger partial charge < -0.3 is 10.5 Å². The maximum Gasteiger partial charge on any atom is 0.129 e. The quantitative estimate of drug-likeness (QED) is 0.566. The molecule has 1 fully saturated rings. The van der Waals surface area contributed by atoms with Gasteiger partial charge in [-0.2, -0.15) is 0 Å². The van der Waals surface area contributed by atoms with Crippen molar-refractivity contribution in [3.8, 4) is 5.75 Å². The zero-order valence-corrected chi connectivity index (χ0v) is 12.5. The highest BCUT2D eigenvalue weighted by Gasteiger charge is 2.28. The van der Waals surface area contributed by atoms with Crippen LogP contribution in [0.3, 0.4) is 0 Å². The number of nitrogens with one attached hydrogen (secondary N) is 1. The molecule has 1 saturated carbocycles. The van der Waals surface area contributed by atoms with Gasteiger partial charge in [0, 0.05) is 12.6 Å². The van der Waals surface area contributed by atoms with Gasteiger partial charge in [-0.25, -0.2) is 0 Å². The van der Waals surface area contributed by atoms with Gasteiger partial charge in [-0.3, -0.25) is 10.3 Å². The number of benzene rings is 1. The molecule has 0 spiro atoms. The minimum Gasteiger partial charge on any atom is -0.496 e. The van der Waals surface area contributed by atoms with Crippen molar-refractivity contribution in [3.63, 3.8) is 0 Å². The van der Waals surface area contributed by atoms with Crippen LogP contribution in [0.25, 0.3) is 0 Å². The molecule has 3 N–H and O–H groups in total. The number of hydrogen-bond acceptors (Lipinski definition) is 3. The summed E-state index contributed by atoms with van der Waals surface area (Å²) in [5, 5.41) is 7.65. The summed E-state index contributed by atoms with van der Waals surface area (Å²) in [6.45, 7) is 4.32. The SMILES string of the molecule is CCCCN(Cc1ccc(OC)c(C(=N)N)c1)C1CC1. The molecule has 0 radical (unpaired) electrons. The van der Waals surface area contributed by atoms with E-state index in [0.29, 0.717) is 11.3 Å². The van der Waals surface area contributed by atoms with Crippen LogP contribution in [0.15, 0.2) is 18.2 Å². The molecule has 0 bridgehead atoms. The molecule has 20 heavy (non-hydrogen) atoms. The van der Waals surface area contributed by atoms with Crippen molar-refractivity contribution in [2.24, 2.45) is 5.73 Å². The van der Waals surface area contributed by atoms with Crippen LogP contribution in [0.5, 0.6) is 5.75 Å². The van der Waals surface area contributed by atoms with Gasteiger partial charge in [-0.1, -0.05) is 19.4 Å². The molecule has 2 rings (SSSR count). The van der Waals surface area contributed by atoms with Gasteiger partial charge in [0.2, 0.25) is 0 Å². The Morgan fingerprint density at radius 1 is 1.45 bits per heavy atom. The van der Waals surface area contributed by atoms with Crippen LogP contribution >= 0.6 is 0 Å². The van der Waals surface area contributed by atoms with Crippen molar-refractivity contribution in [1.82, 2.24) is 4.90 Å². The predicted octanol–water partition coefficient (Wildman–Crippen LogP) is 2.74. The van der Waals surface area contributed by atoms with Crippen LogP contribution in [0, 0.1) is 5.41 Å². The lowest BCUT2D eigenvalue weighted by Gasteiger charge is -2.22. The Bertz CT molecular complexity index is 469. The van der Waals surface area contributed by atoms with Crippen molar-refractivity contribution in [1.29, 1.82) is 5.41 Å². The van der Waals surface area contributed by atoms with E-state index in [0.717, 1.165) is 19.1 Å². The third-order valence-electron chi connectivity index (χ3n) is 3.80. The van der Waals surface area contributed by atoms with Crippen LogP contribution in [-0.4, -0.2) is 30.4 Å². The summed E-state index contributed by atoms with van der Waals surface area (Å²) in [5.41, 5.74) is 7.53. The molecule has 1 aliphatic carbocycles. The molecule has 1 aromatic carbocycles. The minimum atomic E-state index is 0.0650. The fraction of sp³-hybridized carbons (Fsp3) is 0.562. The molecule has 0 amide bonds. The first-order chi connectivity index (χ1) is 9.65. The van der Waals surface area contributed by atoms with Crippen LogP contribution < -0.4 is 10.5 Å². The zero-order chi connectivity index (χ0) is 14.5. The highest BCUT2D eigenvalue weighted by Crippen LogP contribution is 2.29. The molecule has 0 heterocycles. The van der Waals surface area contributed by atoms with E-state index in [2.05, 4.69) is 17.9 Å². The Labute approximate surface area is 121 Å². The molecule has 1 aliphatic rings. The number of amidine groups is 1.